The van der Waals surface area contributed by atoms with Gasteiger partial charge in [-0.3, -0.25) is 4.90 Å². The third kappa shape index (κ3) is 5.15. The summed E-state index contributed by atoms with van der Waals surface area (Å²) >= 11 is 0. The highest BCUT2D eigenvalue weighted by Gasteiger charge is 2.49. The summed E-state index contributed by atoms with van der Waals surface area (Å²) in [4.78, 5) is 19.4. The van der Waals surface area contributed by atoms with Gasteiger partial charge in [-0.15, -0.1) is 0 Å². The lowest BCUT2D eigenvalue weighted by Gasteiger charge is -2.45. The maximum absolute atomic E-state index is 13.5. The van der Waals surface area contributed by atoms with Crippen molar-refractivity contribution < 1.29 is 28.6 Å². The second-order valence-corrected chi connectivity index (χ2v) is 9.36. The van der Waals surface area contributed by atoms with E-state index in [0.717, 1.165) is 28.0 Å². The zero-order valence-corrected chi connectivity index (χ0v) is 20.9. The molecule has 1 spiro atoms. The molecule has 0 bridgehead atoms. The van der Waals surface area contributed by atoms with Crippen LogP contribution < -0.4 is 9.47 Å². The fraction of sp³-hybridized carbons (Fsp3) is 0.310. The summed E-state index contributed by atoms with van der Waals surface area (Å²) in [6.45, 7) is 6.93. The van der Waals surface area contributed by atoms with E-state index in [2.05, 4.69) is 10.1 Å². The summed E-state index contributed by atoms with van der Waals surface area (Å²) in [6, 6.07) is 17.2. The summed E-state index contributed by atoms with van der Waals surface area (Å²) in [6.07, 6.45) is 0.629. The van der Waals surface area contributed by atoms with Crippen LogP contribution >= 0.6 is 0 Å². The first-order chi connectivity index (χ1) is 17.9. The van der Waals surface area contributed by atoms with Crippen molar-refractivity contribution >= 4 is 11.7 Å². The lowest BCUT2D eigenvalue weighted by molar-refractivity contribution is -0.128. The summed E-state index contributed by atoms with van der Waals surface area (Å²) in [5.41, 5.74) is 4.07. The molecule has 37 heavy (non-hydrogen) atoms. The number of hydrogen-bond donors (Lipinski definition) is 1. The van der Waals surface area contributed by atoms with Gasteiger partial charge in [0.05, 0.1) is 30.1 Å². The smallest absolute Gasteiger partial charge is 0.335 e. The first-order valence-electron chi connectivity index (χ1n) is 12.4. The number of carboxylic acids is 1. The second kappa shape index (κ2) is 10.2. The number of hydrogen-bond acceptors (Lipinski definition) is 6. The predicted molar refractivity (Wildman–Crippen MR) is 138 cm³/mol. The quantitative estimate of drug-likeness (QED) is 0.422. The lowest BCUT2D eigenvalue weighted by atomic mass is 9.86. The topological polar surface area (TPSA) is 80.6 Å². The van der Waals surface area contributed by atoms with Gasteiger partial charge in [0.1, 0.15) is 17.3 Å². The molecule has 0 radical (unpaired) electrons. The molecule has 0 aromatic heterocycles. The van der Waals surface area contributed by atoms with Gasteiger partial charge in [0, 0.05) is 31.6 Å². The van der Waals surface area contributed by atoms with Crippen LogP contribution in [-0.2, 0) is 11.4 Å². The largest absolute Gasteiger partial charge is 0.493 e. The Morgan fingerprint density at radius 3 is 2.32 bits per heavy atom. The Balaban J connectivity index is 1.30. The average Bonchev–Trinajstić information content (AvgIpc) is 3.31. The van der Waals surface area contributed by atoms with E-state index in [4.69, 9.17) is 14.3 Å². The van der Waals surface area contributed by atoms with Crippen LogP contribution in [0.2, 0.25) is 0 Å². The van der Waals surface area contributed by atoms with Gasteiger partial charge in [-0.25, -0.2) is 9.18 Å². The van der Waals surface area contributed by atoms with Crippen LogP contribution in [0.3, 0.4) is 0 Å². The molecule has 3 aromatic carbocycles. The molecule has 192 valence electrons. The Labute approximate surface area is 215 Å². The van der Waals surface area contributed by atoms with Gasteiger partial charge in [-0.05, 0) is 61.4 Å². The fourth-order valence-corrected chi connectivity index (χ4v) is 4.99. The van der Waals surface area contributed by atoms with Crippen LogP contribution in [-0.4, -0.2) is 53.6 Å². The fourth-order valence-electron chi connectivity index (χ4n) is 4.99. The number of oxime groups is 1. The van der Waals surface area contributed by atoms with Gasteiger partial charge in [-0.1, -0.05) is 29.4 Å². The highest BCUT2D eigenvalue weighted by molar-refractivity contribution is 6.03. The van der Waals surface area contributed by atoms with Crippen molar-refractivity contribution in [3.63, 3.8) is 0 Å². The molecule has 8 heteroatoms. The lowest BCUT2D eigenvalue weighted by Crippen LogP contribution is -2.61. The molecule has 5 rings (SSSR count). The van der Waals surface area contributed by atoms with Gasteiger partial charge in [0.15, 0.2) is 5.60 Å². The van der Waals surface area contributed by atoms with Crippen molar-refractivity contribution in [2.45, 2.75) is 32.4 Å². The molecule has 0 aliphatic carbocycles. The molecular weight excluding hydrogens is 475 g/mol. The molecule has 2 aliphatic rings. The molecule has 1 N–H and O–H groups in total. The average molecular weight is 505 g/mol. The van der Waals surface area contributed by atoms with E-state index in [-0.39, 0.29) is 11.4 Å². The molecule has 0 atom stereocenters. The Kier molecular flexibility index (Phi) is 6.84. The maximum Gasteiger partial charge on any atom is 0.335 e. The van der Waals surface area contributed by atoms with E-state index in [9.17, 15) is 14.3 Å². The number of likely N-dealkylation sites (tertiary alicyclic amines) is 1. The normalized spacial score (nSPS) is 16.1. The van der Waals surface area contributed by atoms with E-state index in [0.29, 0.717) is 50.8 Å². The minimum absolute atomic E-state index is 0.232. The molecule has 0 unspecified atom stereocenters. The van der Waals surface area contributed by atoms with E-state index >= 15 is 0 Å². The molecule has 1 saturated heterocycles. The number of nitrogens with zero attached hydrogens (tertiary/aromatic N) is 2. The van der Waals surface area contributed by atoms with Crippen molar-refractivity contribution in [3.05, 3.63) is 83.2 Å². The van der Waals surface area contributed by atoms with Gasteiger partial charge >= 0.3 is 5.97 Å². The third-order valence-electron chi connectivity index (χ3n) is 6.57. The zero-order valence-electron chi connectivity index (χ0n) is 20.9. The zero-order chi connectivity index (χ0) is 26.0. The number of halogens is 1. The van der Waals surface area contributed by atoms with Gasteiger partial charge in [0.2, 0.25) is 0 Å². The van der Waals surface area contributed by atoms with Gasteiger partial charge < -0.3 is 19.4 Å². The van der Waals surface area contributed by atoms with Crippen molar-refractivity contribution in [2.24, 2.45) is 5.16 Å². The Hall–Kier alpha value is -3.91. The summed E-state index contributed by atoms with van der Waals surface area (Å²) < 4.78 is 25.5. The van der Waals surface area contributed by atoms with Crippen LogP contribution in [0.25, 0.3) is 11.1 Å². The van der Waals surface area contributed by atoms with Gasteiger partial charge in [-0.2, -0.15) is 0 Å². The molecule has 1 fully saturated rings. The number of carbonyl (C=O) groups is 1. The van der Waals surface area contributed by atoms with Crippen LogP contribution in [0.4, 0.5) is 4.39 Å². The van der Waals surface area contributed by atoms with E-state index in [1.54, 1.807) is 30.3 Å². The number of benzene rings is 3. The molecule has 2 aliphatic heterocycles. The Morgan fingerprint density at radius 1 is 1.03 bits per heavy atom. The highest BCUT2D eigenvalue weighted by atomic mass is 19.1. The minimum Gasteiger partial charge on any atom is -0.493 e. The summed E-state index contributed by atoms with van der Waals surface area (Å²) in [5.74, 6) is 0.144. The van der Waals surface area contributed by atoms with Crippen molar-refractivity contribution in [2.75, 3.05) is 26.3 Å². The first kappa shape index (κ1) is 24.8. The molecule has 2 heterocycles. The van der Waals surface area contributed by atoms with Crippen LogP contribution in [0, 0.1) is 5.82 Å². The molecular formula is C29H29FN2O5. The molecule has 0 saturated carbocycles. The standard InChI is InChI=1S/C29H29FN2O5/c1-3-35-25-12-19(13-26(36-4-2)27(25)20-8-10-23(30)11-9-20)16-32-17-29(18-32)15-24(31-37-29)21-6-5-7-22(14-21)28(33)34/h5-14H,3-4,15-18H2,1-2H3,(H,33,34). The van der Waals surface area contributed by atoms with Crippen molar-refractivity contribution in [3.8, 4) is 22.6 Å². The van der Waals surface area contributed by atoms with Gasteiger partial charge in [0.25, 0.3) is 0 Å². The summed E-state index contributed by atoms with van der Waals surface area (Å²) in [7, 11) is 0. The predicted octanol–water partition coefficient (Wildman–Crippen LogP) is 5.37. The Morgan fingerprint density at radius 2 is 1.70 bits per heavy atom. The SMILES string of the molecule is CCOc1cc(CN2CC3(CC(c4cccc(C(=O)O)c4)=NO3)C2)cc(OCC)c1-c1ccc(F)cc1. The monoisotopic (exact) mass is 504 g/mol. The first-order valence-corrected chi connectivity index (χ1v) is 12.4. The van der Waals surface area contributed by atoms with Crippen LogP contribution in [0.5, 0.6) is 11.5 Å². The third-order valence-corrected chi connectivity index (χ3v) is 6.57. The van der Waals surface area contributed by atoms with E-state index in [1.165, 1.54) is 12.1 Å². The number of carboxylic acid groups (broad SMARTS) is 1. The maximum atomic E-state index is 13.5. The van der Waals surface area contributed by atoms with Crippen molar-refractivity contribution in [1.29, 1.82) is 0 Å². The van der Waals surface area contributed by atoms with E-state index < -0.39 is 11.6 Å². The van der Waals surface area contributed by atoms with Crippen LogP contribution in [0.1, 0.15) is 41.8 Å². The molecule has 7 nitrogen and oxygen atoms in total. The number of rotatable bonds is 9. The second-order valence-electron chi connectivity index (χ2n) is 9.36. The highest BCUT2D eigenvalue weighted by Crippen LogP contribution is 2.42. The minimum atomic E-state index is -0.964. The van der Waals surface area contributed by atoms with Crippen molar-refractivity contribution in [1.82, 2.24) is 4.90 Å². The van der Waals surface area contributed by atoms with E-state index in [1.807, 2.05) is 32.0 Å². The number of ether oxygens (including phenoxy) is 2. The molecule has 3 aromatic rings. The van der Waals surface area contributed by atoms with Crippen LogP contribution in [0.15, 0.2) is 65.8 Å². The Bertz CT molecular complexity index is 1310. The summed E-state index contributed by atoms with van der Waals surface area (Å²) in [5, 5.41) is 13.6. The molecule has 0 amide bonds. The number of aromatic carboxylic acids is 1.